The van der Waals surface area contributed by atoms with Crippen molar-refractivity contribution in [1.29, 1.82) is 0 Å². The Labute approximate surface area is 149 Å². The van der Waals surface area contributed by atoms with E-state index < -0.39 is 12.1 Å². The third kappa shape index (κ3) is 5.67. The van der Waals surface area contributed by atoms with Gasteiger partial charge in [0.2, 0.25) is 0 Å². The first-order valence-electron chi connectivity index (χ1n) is 6.70. The fourth-order valence-corrected chi connectivity index (χ4v) is 1.95. The van der Waals surface area contributed by atoms with E-state index in [1.54, 1.807) is 0 Å². The smallest absolute Gasteiger partial charge is 1.00 e. The summed E-state index contributed by atoms with van der Waals surface area (Å²) in [6.07, 6.45) is -0.480. The molecule has 2 rings (SSSR count). The van der Waals surface area contributed by atoms with Gasteiger partial charge in [-0.25, -0.2) is 4.79 Å². The molecule has 114 valence electrons. The SMILES string of the molecule is COC(Cc1ccc(OCc2ccccc2)cc1)C(=O)O.[H-].[H-].[Mg+2]. The molecule has 1 unspecified atom stereocenters. The number of carboxylic acids is 1. The molecular formula is C17H20MgO4. The minimum atomic E-state index is -0.957. The fraction of sp³-hybridized carbons (Fsp3) is 0.235. The molecule has 4 nitrogen and oxygen atoms in total. The molecule has 1 atom stereocenters. The fourth-order valence-electron chi connectivity index (χ4n) is 1.95. The summed E-state index contributed by atoms with van der Waals surface area (Å²) in [5, 5.41) is 8.95. The molecular weight excluding hydrogens is 292 g/mol. The molecule has 0 aliphatic heterocycles. The zero-order valence-corrected chi connectivity index (χ0v) is 14.0. The van der Waals surface area contributed by atoms with Gasteiger partial charge in [-0.2, -0.15) is 0 Å². The van der Waals surface area contributed by atoms with Gasteiger partial charge in [0.25, 0.3) is 0 Å². The van der Waals surface area contributed by atoms with E-state index in [1.807, 2.05) is 54.6 Å². The van der Waals surface area contributed by atoms with Gasteiger partial charge >= 0.3 is 29.0 Å². The molecule has 2 aromatic carbocycles. The van der Waals surface area contributed by atoms with Crippen LogP contribution in [0.2, 0.25) is 0 Å². The van der Waals surface area contributed by atoms with Crippen molar-refractivity contribution in [3.63, 3.8) is 0 Å². The van der Waals surface area contributed by atoms with Gasteiger partial charge in [-0.3, -0.25) is 0 Å². The zero-order chi connectivity index (χ0) is 15.1. The van der Waals surface area contributed by atoms with Gasteiger partial charge in [0, 0.05) is 13.5 Å². The maximum absolute atomic E-state index is 10.9. The van der Waals surface area contributed by atoms with E-state index in [9.17, 15) is 4.79 Å². The molecule has 0 aliphatic rings. The summed E-state index contributed by atoms with van der Waals surface area (Å²) in [7, 11) is 1.40. The summed E-state index contributed by atoms with van der Waals surface area (Å²) in [4.78, 5) is 10.9. The first-order chi connectivity index (χ1) is 10.2. The van der Waals surface area contributed by atoms with Crippen molar-refractivity contribution in [1.82, 2.24) is 0 Å². The van der Waals surface area contributed by atoms with E-state index in [0.29, 0.717) is 13.0 Å². The number of benzene rings is 2. The second-order valence-electron chi connectivity index (χ2n) is 4.68. The van der Waals surface area contributed by atoms with Crippen LogP contribution in [0.4, 0.5) is 0 Å². The maximum atomic E-state index is 10.9. The van der Waals surface area contributed by atoms with Crippen LogP contribution in [0, 0.1) is 0 Å². The summed E-state index contributed by atoms with van der Waals surface area (Å²) in [5.41, 5.74) is 2.00. The van der Waals surface area contributed by atoms with Gasteiger partial charge in [-0.1, -0.05) is 42.5 Å². The van der Waals surface area contributed by atoms with Crippen LogP contribution in [-0.2, 0) is 22.6 Å². The third-order valence-electron chi connectivity index (χ3n) is 3.15. The third-order valence-corrected chi connectivity index (χ3v) is 3.15. The predicted octanol–water partition coefficient (Wildman–Crippen LogP) is 2.75. The van der Waals surface area contributed by atoms with Crippen LogP contribution in [0.25, 0.3) is 0 Å². The second-order valence-corrected chi connectivity index (χ2v) is 4.68. The number of ether oxygens (including phenoxy) is 2. The molecule has 0 amide bonds. The van der Waals surface area contributed by atoms with Gasteiger partial charge in [-0.15, -0.1) is 0 Å². The number of aliphatic carboxylic acids is 1. The Morgan fingerprint density at radius 3 is 2.27 bits per heavy atom. The molecule has 2 aromatic rings. The van der Waals surface area contributed by atoms with Crippen molar-refractivity contribution in [2.24, 2.45) is 0 Å². The van der Waals surface area contributed by atoms with Crippen LogP contribution in [-0.4, -0.2) is 47.3 Å². The molecule has 1 N–H and O–H groups in total. The molecule has 0 saturated heterocycles. The molecule has 0 heterocycles. The van der Waals surface area contributed by atoms with E-state index in [0.717, 1.165) is 16.9 Å². The Hall–Kier alpha value is -1.56. The molecule has 0 saturated carbocycles. The molecule has 0 radical (unpaired) electrons. The Kier molecular flexibility index (Phi) is 7.94. The summed E-state index contributed by atoms with van der Waals surface area (Å²) in [5.74, 6) is -0.200. The van der Waals surface area contributed by atoms with Crippen molar-refractivity contribution in [2.75, 3.05) is 7.11 Å². The van der Waals surface area contributed by atoms with Crippen LogP contribution >= 0.6 is 0 Å². The largest absolute Gasteiger partial charge is 2.00 e. The second kappa shape index (κ2) is 9.45. The van der Waals surface area contributed by atoms with Crippen LogP contribution in [0.1, 0.15) is 14.0 Å². The van der Waals surface area contributed by atoms with Gasteiger partial charge in [-0.05, 0) is 23.3 Å². The summed E-state index contributed by atoms with van der Waals surface area (Å²) >= 11 is 0. The van der Waals surface area contributed by atoms with Gasteiger partial charge in [0.15, 0.2) is 6.10 Å². The standard InChI is InChI=1S/C17H18O4.Mg.2H/c1-20-16(17(18)19)11-13-7-9-15(10-8-13)21-12-14-5-3-2-4-6-14;;;/h2-10,16H,11-12H2,1H3,(H,18,19);;;/q;+2;2*-1. The predicted molar refractivity (Wildman–Crippen MR) is 87.3 cm³/mol. The summed E-state index contributed by atoms with van der Waals surface area (Å²) in [6, 6.07) is 17.3. The normalized spacial score (nSPS) is 11.3. The van der Waals surface area contributed by atoms with Crippen molar-refractivity contribution < 1.29 is 22.2 Å². The van der Waals surface area contributed by atoms with E-state index in [1.165, 1.54) is 7.11 Å². The Bertz CT molecular complexity index is 579. The minimum Gasteiger partial charge on any atom is -1.00 e. The van der Waals surface area contributed by atoms with E-state index in [-0.39, 0.29) is 25.9 Å². The molecule has 22 heavy (non-hydrogen) atoms. The zero-order valence-electron chi connectivity index (χ0n) is 14.6. The van der Waals surface area contributed by atoms with Crippen molar-refractivity contribution >= 4 is 29.0 Å². The quantitative estimate of drug-likeness (QED) is 0.799. The minimum absolute atomic E-state index is 0. The van der Waals surface area contributed by atoms with Crippen molar-refractivity contribution in [3.05, 3.63) is 65.7 Å². The van der Waals surface area contributed by atoms with Crippen LogP contribution in [0.5, 0.6) is 5.75 Å². The van der Waals surface area contributed by atoms with E-state index >= 15 is 0 Å². The van der Waals surface area contributed by atoms with Crippen LogP contribution < -0.4 is 4.74 Å². The average Bonchev–Trinajstić information content (AvgIpc) is 2.52. The van der Waals surface area contributed by atoms with Crippen LogP contribution in [0.15, 0.2) is 54.6 Å². The average molecular weight is 313 g/mol. The van der Waals surface area contributed by atoms with Crippen LogP contribution in [0.3, 0.4) is 0 Å². The number of carbonyl (C=O) groups is 1. The van der Waals surface area contributed by atoms with E-state index in [2.05, 4.69) is 0 Å². The maximum Gasteiger partial charge on any atom is 2.00 e. The number of hydrogen-bond acceptors (Lipinski definition) is 3. The summed E-state index contributed by atoms with van der Waals surface area (Å²) in [6.45, 7) is 0.510. The molecule has 0 spiro atoms. The molecule has 0 aromatic heterocycles. The van der Waals surface area contributed by atoms with Crippen molar-refractivity contribution in [2.45, 2.75) is 19.1 Å². The number of hydrogen-bond donors (Lipinski definition) is 1. The first kappa shape index (κ1) is 18.5. The van der Waals surface area contributed by atoms with Gasteiger partial charge < -0.3 is 17.4 Å². The molecule has 0 aliphatic carbocycles. The van der Waals surface area contributed by atoms with Crippen molar-refractivity contribution in [3.8, 4) is 5.75 Å². The number of carboxylic acid groups (broad SMARTS) is 1. The first-order valence-corrected chi connectivity index (χ1v) is 6.70. The van der Waals surface area contributed by atoms with Gasteiger partial charge in [0.05, 0.1) is 0 Å². The molecule has 5 heteroatoms. The topological polar surface area (TPSA) is 55.8 Å². The van der Waals surface area contributed by atoms with E-state index in [4.69, 9.17) is 14.6 Å². The number of methoxy groups -OCH3 is 1. The van der Waals surface area contributed by atoms with Gasteiger partial charge in [0.1, 0.15) is 12.4 Å². The number of rotatable bonds is 7. The Morgan fingerprint density at radius 1 is 1.09 bits per heavy atom. The molecule has 0 fully saturated rings. The Balaban J connectivity index is 0. The summed E-state index contributed by atoms with van der Waals surface area (Å²) < 4.78 is 10.6. The molecule has 0 bridgehead atoms. The Morgan fingerprint density at radius 2 is 1.73 bits per heavy atom. The monoisotopic (exact) mass is 312 g/mol.